The van der Waals surface area contributed by atoms with Crippen molar-refractivity contribution in [3.8, 4) is 0 Å². The van der Waals surface area contributed by atoms with Crippen LogP contribution >= 0.6 is 15.9 Å². The van der Waals surface area contributed by atoms with Crippen molar-refractivity contribution >= 4 is 27.9 Å². The van der Waals surface area contributed by atoms with Crippen LogP contribution in [0, 0.1) is 5.82 Å². The van der Waals surface area contributed by atoms with Gasteiger partial charge in [0.25, 0.3) is 0 Å². The Balaban J connectivity index is 1.86. The number of amides is 2. The molecule has 1 fully saturated rings. The van der Waals surface area contributed by atoms with Gasteiger partial charge in [-0.15, -0.1) is 0 Å². The Kier molecular flexibility index (Phi) is 6.57. The lowest BCUT2D eigenvalue weighted by Gasteiger charge is -2.44. The van der Waals surface area contributed by atoms with E-state index in [1.807, 2.05) is 31.2 Å². The Hall–Kier alpha value is -2.41. The largest absolute Gasteiger partial charge is 0.438 e. The molecule has 0 spiro atoms. The summed E-state index contributed by atoms with van der Waals surface area (Å²) in [5.41, 5.74) is 6.04. The summed E-state index contributed by atoms with van der Waals surface area (Å²) in [4.78, 5) is 26.1. The van der Waals surface area contributed by atoms with Gasteiger partial charge >= 0.3 is 6.09 Å². The summed E-state index contributed by atoms with van der Waals surface area (Å²) < 4.78 is 20.3. The monoisotopic (exact) mass is 462 g/mol. The van der Waals surface area contributed by atoms with Gasteiger partial charge < -0.3 is 15.4 Å². The van der Waals surface area contributed by atoms with E-state index in [1.54, 1.807) is 17.0 Å². The minimum absolute atomic E-state index is 0.0780. The third kappa shape index (κ3) is 4.78. The molecule has 0 aromatic heterocycles. The van der Waals surface area contributed by atoms with Gasteiger partial charge in [0.2, 0.25) is 5.91 Å². The number of nitrogens with zero attached hydrogens (tertiary/aromatic N) is 1. The number of cyclic esters (lactones) is 1. The number of hydrogen-bond acceptors (Lipinski definition) is 3. The van der Waals surface area contributed by atoms with Crippen LogP contribution in [0.2, 0.25) is 0 Å². The molecule has 0 bridgehead atoms. The summed E-state index contributed by atoms with van der Waals surface area (Å²) in [6, 6.07) is 13.6. The first kappa shape index (κ1) is 21.3. The highest BCUT2D eigenvalue weighted by molar-refractivity contribution is 9.10. The zero-order chi connectivity index (χ0) is 21.0. The molecule has 5 nitrogen and oxygen atoms in total. The average molecular weight is 463 g/mol. The molecular weight excluding hydrogens is 439 g/mol. The van der Waals surface area contributed by atoms with Gasteiger partial charge in [0.1, 0.15) is 11.4 Å². The topological polar surface area (TPSA) is 72.6 Å². The molecule has 2 atom stereocenters. The van der Waals surface area contributed by atoms with Crippen molar-refractivity contribution in [2.24, 2.45) is 5.73 Å². The van der Waals surface area contributed by atoms with Crippen molar-refractivity contribution in [1.82, 2.24) is 4.90 Å². The summed E-state index contributed by atoms with van der Waals surface area (Å²) in [7, 11) is 0. The molecule has 1 aliphatic heterocycles. The highest BCUT2D eigenvalue weighted by atomic mass is 79.9. The molecule has 29 heavy (non-hydrogen) atoms. The second-order valence-corrected chi connectivity index (χ2v) is 8.17. The number of nitrogens with two attached hydrogens (primary N) is 1. The number of carbonyl (C=O) groups excluding carboxylic acids is 2. The maximum Gasteiger partial charge on any atom is 0.411 e. The number of rotatable bonds is 7. The smallest absolute Gasteiger partial charge is 0.411 e. The van der Waals surface area contributed by atoms with Crippen molar-refractivity contribution in [3.05, 3.63) is 69.9 Å². The van der Waals surface area contributed by atoms with Gasteiger partial charge in [0, 0.05) is 30.3 Å². The van der Waals surface area contributed by atoms with E-state index < -0.39 is 17.6 Å². The second kappa shape index (κ2) is 8.95. The van der Waals surface area contributed by atoms with Crippen LogP contribution in [-0.4, -0.2) is 23.4 Å². The summed E-state index contributed by atoms with van der Waals surface area (Å²) in [5.74, 6) is -0.838. The first-order valence-electron chi connectivity index (χ1n) is 9.64. The van der Waals surface area contributed by atoms with Crippen LogP contribution in [0.3, 0.4) is 0 Å². The van der Waals surface area contributed by atoms with E-state index in [1.165, 1.54) is 12.1 Å². The Morgan fingerprint density at radius 1 is 1.24 bits per heavy atom. The third-order valence-corrected chi connectivity index (χ3v) is 5.97. The van der Waals surface area contributed by atoms with Crippen LogP contribution < -0.4 is 5.73 Å². The van der Waals surface area contributed by atoms with Gasteiger partial charge in [0.05, 0.1) is 6.04 Å². The minimum atomic E-state index is -0.992. The van der Waals surface area contributed by atoms with Gasteiger partial charge in [-0.1, -0.05) is 47.1 Å². The van der Waals surface area contributed by atoms with Crippen LogP contribution in [0.25, 0.3) is 0 Å². The summed E-state index contributed by atoms with van der Waals surface area (Å²) in [6.45, 7) is 2.48. The number of hydrogen-bond donors (Lipinski definition) is 1. The Morgan fingerprint density at radius 2 is 1.90 bits per heavy atom. The molecule has 0 radical (unpaired) electrons. The van der Waals surface area contributed by atoms with Crippen LogP contribution in [0.15, 0.2) is 53.0 Å². The molecule has 3 rings (SSSR count). The fraction of sp³-hybridized carbons (Fsp3) is 0.364. The molecule has 154 valence electrons. The quantitative estimate of drug-likeness (QED) is 0.625. The molecule has 1 unspecified atom stereocenters. The molecule has 1 aliphatic rings. The molecule has 0 saturated carbocycles. The van der Waals surface area contributed by atoms with E-state index in [0.717, 1.165) is 16.5 Å². The van der Waals surface area contributed by atoms with Gasteiger partial charge in [0.15, 0.2) is 0 Å². The molecule has 2 aromatic rings. The van der Waals surface area contributed by atoms with Crippen molar-refractivity contribution in [3.63, 3.8) is 0 Å². The summed E-state index contributed by atoms with van der Waals surface area (Å²) in [5, 5.41) is 0. The lowest BCUT2D eigenvalue weighted by atomic mass is 9.84. The molecule has 2 N–H and O–H groups in total. The lowest BCUT2D eigenvalue weighted by Crippen LogP contribution is -2.49. The first-order chi connectivity index (χ1) is 13.8. The lowest BCUT2D eigenvalue weighted by molar-refractivity contribution is -0.121. The van der Waals surface area contributed by atoms with Crippen molar-refractivity contribution in [2.75, 3.05) is 6.54 Å². The van der Waals surface area contributed by atoms with Gasteiger partial charge in [-0.05, 0) is 41.8 Å². The van der Waals surface area contributed by atoms with Crippen molar-refractivity contribution in [2.45, 2.75) is 44.2 Å². The minimum Gasteiger partial charge on any atom is -0.438 e. The number of primary amides is 1. The molecule has 0 aliphatic carbocycles. The van der Waals surface area contributed by atoms with E-state index in [4.69, 9.17) is 10.5 Å². The molecule has 2 aromatic carbocycles. The molecule has 2 amide bonds. The van der Waals surface area contributed by atoms with Gasteiger partial charge in [-0.25, -0.2) is 9.18 Å². The highest BCUT2D eigenvalue weighted by Crippen LogP contribution is 2.41. The summed E-state index contributed by atoms with van der Waals surface area (Å²) in [6.07, 6.45) is 1.13. The first-order valence-corrected chi connectivity index (χ1v) is 10.4. The predicted octanol–water partition coefficient (Wildman–Crippen LogP) is 5.04. The number of carbonyl (C=O) groups is 2. The highest BCUT2D eigenvalue weighted by Gasteiger charge is 2.44. The SMILES string of the molecule is CC[C@@H](c1ccc(Br)cc1)N1CCC(CCC(N)=O)(c2ccc(F)cc2)OC1=O. The maximum atomic E-state index is 13.4. The number of halogens is 2. The standard InChI is InChI=1S/C22H24BrFN2O3/c1-2-19(15-3-7-17(23)8-4-15)26-14-13-22(29-21(26)28,12-11-20(25)27)16-5-9-18(24)10-6-16/h3-10,19H,2,11-14H2,1H3,(H2,25,27)/t19-,22?/m0/s1. The van der Waals surface area contributed by atoms with Crippen molar-refractivity contribution < 1.29 is 18.7 Å². The van der Waals surface area contributed by atoms with E-state index >= 15 is 0 Å². The Labute approximate surface area is 178 Å². The number of ether oxygens (including phenoxy) is 1. The van der Waals surface area contributed by atoms with Gasteiger partial charge in [-0.3, -0.25) is 4.79 Å². The normalized spacial score (nSPS) is 20.2. The van der Waals surface area contributed by atoms with Crippen LogP contribution in [0.1, 0.15) is 49.8 Å². The van der Waals surface area contributed by atoms with E-state index in [-0.39, 0.29) is 24.7 Å². The Morgan fingerprint density at radius 3 is 2.45 bits per heavy atom. The predicted molar refractivity (Wildman–Crippen MR) is 111 cm³/mol. The Bertz CT molecular complexity index is 873. The van der Waals surface area contributed by atoms with Crippen LogP contribution in [-0.2, 0) is 15.1 Å². The fourth-order valence-corrected chi connectivity index (χ4v) is 4.14. The van der Waals surface area contributed by atoms with Crippen LogP contribution in [0.4, 0.5) is 9.18 Å². The second-order valence-electron chi connectivity index (χ2n) is 7.25. The summed E-state index contributed by atoms with van der Waals surface area (Å²) >= 11 is 3.43. The molecule has 1 saturated heterocycles. The maximum absolute atomic E-state index is 13.4. The zero-order valence-electron chi connectivity index (χ0n) is 16.2. The average Bonchev–Trinajstić information content (AvgIpc) is 2.70. The number of benzene rings is 2. The van der Waals surface area contributed by atoms with E-state index in [0.29, 0.717) is 18.5 Å². The van der Waals surface area contributed by atoms with Crippen molar-refractivity contribution in [1.29, 1.82) is 0 Å². The molecular formula is C22H24BrFN2O3. The fourth-order valence-electron chi connectivity index (χ4n) is 3.88. The molecule has 7 heteroatoms. The molecule has 1 heterocycles. The van der Waals surface area contributed by atoms with E-state index in [9.17, 15) is 14.0 Å². The van der Waals surface area contributed by atoms with Crippen LogP contribution in [0.5, 0.6) is 0 Å². The van der Waals surface area contributed by atoms with Gasteiger partial charge in [-0.2, -0.15) is 0 Å². The zero-order valence-corrected chi connectivity index (χ0v) is 17.8. The van der Waals surface area contributed by atoms with E-state index in [2.05, 4.69) is 15.9 Å². The third-order valence-electron chi connectivity index (χ3n) is 5.44.